The summed E-state index contributed by atoms with van der Waals surface area (Å²) >= 11 is 0. The molecule has 0 aromatic heterocycles. The maximum atomic E-state index is 12.1. The molecule has 1 unspecified atom stereocenters. The second kappa shape index (κ2) is 6.10. The number of rotatable bonds is 2. The van der Waals surface area contributed by atoms with Gasteiger partial charge in [-0.05, 0) is 34.6 Å². The Morgan fingerprint density at radius 1 is 1.32 bits per heavy atom. The molecule has 3 heterocycles. The topological polar surface area (TPSA) is 83.5 Å². The molecule has 0 radical (unpaired) electrons. The van der Waals surface area contributed by atoms with Crippen LogP contribution in [0.25, 0.3) is 0 Å². The third kappa shape index (κ3) is 3.91. The van der Waals surface area contributed by atoms with E-state index in [2.05, 4.69) is 0 Å². The molecule has 0 aromatic carbocycles. The molecule has 0 N–H and O–H groups in total. The molecule has 25 heavy (non-hydrogen) atoms. The van der Waals surface area contributed by atoms with Gasteiger partial charge in [0, 0.05) is 12.3 Å². The summed E-state index contributed by atoms with van der Waals surface area (Å²) in [5.74, 6) is -0.553. The van der Waals surface area contributed by atoms with Gasteiger partial charge in [0.15, 0.2) is 12.1 Å². The van der Waals surface area contributed by atoms with E-state index < -0.39 is 36.0 Å². The highest BCUT2D eigenvalue weighted by Crippen LogP contribution is 2.42. The summed E-state index contributed by atoms with van der Waals surface area (Å²) < 4.78 is 28.1. The summed E-state index contributed by atoms with van der Waals surface area (Å²) in [6.07, 6.45) is -2.04. The van der Waals surface area contributed by atoms with Crippen molar-refractivity contribution in [1.29, 1.82) is 0 Å². The molecule has 3 rings (SSSR count). The highest BCUT2D eigenvalue weighted by Gasteiger charge is 2.53. The van der Waals surface area contributed by atoms with Crippen molar-refractivity contribution < 1.29 is 33.3 Å². The van der Waals surface area contributed by atoms with Gasteiger partial charge in [-0.2, -0.15) is 0 Å². The van der Waals surface area contributed by atoms with E-state index in [1.807, 2.05) is 20.8 Å². The van der Waals surface area contributed by atoms with Gasteiger partial charge < -0.3 is 23.7 Å². The van der Waals surface area contributed by atoms with Crippen LogP contribution < -0.4 is 0 Å². The number of fused-ring (bicyclic) bond motifs is 1. The highest BCUT2D eigenvalue weighted by atomic mass is 16.8. The van der Waals surface area contributed by atoms with Crippen LogP contribution in [0, 0.1) is 5.92 Å². The first-order valence-electron chi connectivity index (χ1n) is 8.67. The van der Waals surface area contributed by atoms with Gasteiger partial charge in [0.1, 0.15) is 17.8 Å². The molecule has 3 aliphatic rings. The molecule has 142 valence electrons. The molecule has 3 aliphatic heterocycles. The van der Waals surface area contributed by atoms with Crippen LogP contribution in [0.3, 0.4) is 0 Å². The number of carbonyl (C=O) groups excluding carboxylic acids is 2. The third-order valence-electron chi connectivity index (χ3n) is 4.48. The molecule has 3 saturated heterocycles. The lowest BCUT2D eigenvalue weighted by atomic mass is 9.96. The van der Waals surface area contributed by atoms with Gasteiger partial charge in [-0.1, -0.05) is 6.92 Å². The number of carbonyl (C=O) groups is 2. The minimum absolute atomic E-state index is 0.0982. The zero-order chi connectivity index (χ0) is 18.6. The number of amides is 2. The minimum Gasteiger partial charge on any atom is -0.444 e. The molecule has 0 aliphatic carbocycles. The van der Waals surface area contributed by atoms with Crippen molar-refractivity contribution in [3.05, 3.63) is 0 Å². The average molecular weight is 357 g/mol. The Kier molecular flexibility index (Phi) is 4.50. The smallest absolute Gasteiger partial charge is 0.419 e. The van der Waals surface area contributed by atoms with Crippen LogP contribution in [-0.2, 0) is 23.7 Å². The second-order valence-electron chi connectivity index (χ2n) is 8.33. The van der Waals surface area contributed by atoms with Crippen LogP contribution in [0.2, 0.25) is 0 Å². The third-order valence-corrected chi connectivity index (χ3v) is 4.48. The first-order valence-corrected chi connectivity index (χ1v) is 8.67. The minimum atomic E-state index is -0.689. The average Bonchev–Trinajstić information content (AvgIpc) is 3.02. The van der Waals surface area contributed by atoms with Crippen LogP contribution >= 0.6 is 0 Å². The van der Waals surface area contributed by atoms with Gasteiger partial charge in [0.2, 0.25) is 0 Å². The lowest BCUT2D eigenvalue weighted by molar-refractivity contribution is -0.211. The molecule has 0 aromatic rings. The molecule has 5 atom stereocenters. The van der Waals surface area contributed by atoms with E-state index in [1.54, 1.807) is 20.8 Å². The zero-order valence-electron chi connectivity index (χ0n) is 15.6. The van der Waals surface area contributed by atoms with Crippen LogP contribution in [0.15, 0.2) is 0 Å². The first-order chi connectivity index (χ1) is 11.5. The van der Waals surface area contributed by atoms with Gasteiger partial charge in [-0.3, -0.25) is 0 Å². The quantitative estimate of drug-likeness (QED) is 0.751. The number of ether oxygens (including phenoxy) is 5. The number of cyclic esters (lactones) is 1. The monoisotopic (exact) mass is 357 g/mol. The predicted molar refractivity (Wildman–Crippen MR) is 85.7 cm³/mol. The second-order valence-corrected chi connectivity index (χ2v) is 8.33. The van der Waals surface area contributed by atoms with Gasteiger partial charge >= 0.3 is 12.2 Å². The van der Waals surface area contributed by atoms with Crippen LogP contribution in [0.5, 0.6) is 0 Å². The molecule has 3 fully saturated rings. The maximum Gasteiger partial charge on any atom is 0.419 e. The zero-order valence-corrected chi connectivity index (χ0v) is 15.6. The fourth-order valence-electron chi connectivity index (χ4n) is 3.37. The summed E-state index contributed by atoms with van der Waals surface area (Å²) in [6, 6.07) is 0. The highest BCUT2D eigenvalue weighted by molar-refractivity contribution is 5.89. The molecule has 2 amide bonds. The summed E-state index contributed by atoms with van der Waals surface area (Å²) in [5.41, 5.74) is -0.669. The van der Waals surface area contributed by atoms with E-state index in [0.717, 1.165) is 4.90 Å². The first kappa shape index (κ1) is 18.4. The van der Waals surface area contributed by atoms with Gasteiger partial charge in [0.25, 0.3) is 0 Å². The standard InChI is InChI=1S/C17H27NO7/c1-9-11(22-13-12(9)23-17(5,6)24-13)7-10-8-18(14(19)21-10)15(20)25-16(2,3)4/h9-13H,7-8H2,1-6H3/t9-,10-,11?,12+,13+/m0/s1. The largest absolute Gasteiger partial charge is 0.444 e. The van der Waals surface area contributed by atoms with E-state index in [4.69, 9.17) is 23.7 Å². The van der Waals surface area contributed by atoms with Crippen molar-refractivity contribution in [2.45, 2.75) is 84.0 Å². The summed E-state index contributed by atoms with van der Waals surface area (Å²) in [5, 5.41) is 0. The van der Waals surface area contributed by atoms with E-state index in [1.165, 1.54) is 0 Å². The van der Waals surface area contributed by atoms with Crippen LogP contribution in [-0.4, -0.2) is 59.6 Å². The number of imide groups is 1. The number of nitrogens with zero attached hydrogens (tertiary/aromatic N) is 1. The molecular formula is C17H27NO7. The number of hydrogen-bond donors (Lipinski definition) is 0. The van der Waals surface area contributed by atoms with Crippen molar-refractivity contribution in [2.24, 2.45) is 5.92 Å². The summed E-state index contributed by atoms with van der Waals surface area (Å²) in [4.78, 5) is 25.0. The Balaban J connectivity index is 1.55. The fraction of sp³-hybridized carbons (Fsp3) is 0.882. The SMILES string of the molecule is C[C@H]1C(C[C@H]2CN(C(=O)OC(C)(C)C)C(=O)O2)O[C@@H]2OC(C)(C)O[C@@H]21. The van der Waals surface area contributed by atoms with Crippen molar-refractivity contribution >= 4 is 12.2 Å². The number of hydrogen-bond acceptors (Lipinski definition) is 7. The van der Waals surface area contributed by atoms with Crippen molar-refractivity contribution in [1.82, 2.24) is 4.90 Å². The fourth-order valence-corrected chi connectivity index (χ4v) is 3.37. The molecule has 0 saturated carbocycles. The van der Waals surface area contributed by atoms with E-state index in [0.29, 0.717) is 6.42 Å². The molecule has 8 heteroatoms. The van der Waals surface area contributed by atoms with E-state index in [9.17, 15) is 9.59 Å². The van der Waals surface area contributed by atoms with Crippen molar-refractivity contribution in [3.63, 3.8) is 0 Å². The Hall–Kier alpha value is -1.38. The van der Waals surface area contributed by atoms with E-state index in [-0.39, 0.29) is 24.7 Å². The maximum absolute atomic E-state index is 12.1. The van der Waals surface area contributed by atoms with Gasteiger partial charge in [0.05, 0.1) is 12.6 Å². The van der Waals surface area contributed by atoms with E-state index >= 15 is 0 Å². The Bertz CT molecular complexity index is 556. The Morgan fingerprint density at radius 2 is 2.00 bits per heavy atom. The van der Waals surface area contributed by atoms with Crippen LogP contribution in [0.1, 0.15) is 48.0 Å². The lowest BCUT2D eigenvalue weighted by Crippen LogP contribution is -2.38. The molecule has 8 nitrogen and oxygen atoms in total. The summed E-state index contributed by atoms with van der Waals surface area (Å²) in [7, 11) is 0. The van der Waals surface area contributed by atoms with Crippen molar-refractivity contribution in [3.8, 4) is 0 Å². The lowest BCUT2D eigenvalue weighted by Gasteiger charge is -2.24. The Morgan fingerprint density at radius 3 is 2.60 bits per heavy atom. The predicted octanol–water partition coefficient (Wildman–Crippen LogP) is 2.64. The van der Waals surface area contributed by atoms with Crippen LogP contribution in [0.4, 0.5) is 9.59 Å². The van der Waals surface area contributed by atoms with Gasteiger partial charge in [-0.25, -0.2) is 14.5 Å². The Labute approximate surface area is 147 Å². The normalized spacial score (nSPS) is 37.1. The summed E-state index contributed by atoms with van der Waals surface area (Å²) in [6.45, 7) is 11.1. The molecule has 0 spiro atoms. The molecular weight excluding hydrogens is 330 g/mol. The van der Waals surface area contributed by atoms with Crippen molar-refractivity contribution in [2.75, 3.05) is 6.54 Å². The molecule has 0 bridgehead atoms. The van der Waals surface area contributed by atoms with Gasteiger partial charge in [-0.15, -0.1) is 0 Å².